The van der Waals surface area contributed by atoms with E-state index in [0.717, 1.165) is 0 Å². The molecule has 0 aliphatic carbocycles. The van der Waals surface area contributed by atoms with Gasteiger partial charge >= 0.3 is 0 Å². The number of nitrogens with one attached hydrogen (secondary N) is 2. The molecular formula is C22H16ClFN2O4S. The van der Waals surface area contributed by atoms with Gasteiger partial charge in [0.25, 0.3) is 11.8 Å². The number of ether oxygens (including phenoxy) is 1. The summed E-state index contributed by atoms with van der Waals surface area (Å²) in [7, 11) is 1.48. The van der Waals surface area contributed by atoms with Gasteiger partial charge in [-0.1, -0.05) is 17.7 Å². The summed E-state index contributed by atoms with van der Waals surface area (Å²) in [5, 5.41) is 6.18. The zero-order valence-corrected chi connectivity index (χ0v) is 17.8. The van der Waals surface area contributed by atoms with Crippen LogP contribution in [0.2, 0.25) is 5.02 Å². The molecule has 0 unspecified atom stereocenters. The van der Waals surface area contributed by atoms with Crippen molar-refractivity contribution in [1.82, 2.24) is 0 Å². The van der Waals surface area contributed by atoms with Crippen LogP contribution in [-0.4, -0.2) is 18.9 Å². The van der Waals surface area contributed by atoms with E-state index in [1.807, 2.05) is 0 Å². The summed E-state index contributed by atoms with van der Waals surface area (Å²) in [5.74, 6) is -1.26. The van der Waals surface area contributed by atoms with E-state index in [4.69, 9.17) is 20.8 Å². The van der Waals surface area contributed by atoms with Crippen LogP contribution in [0, 0.1) is 5.82 Å². The highest BCUT2D eigenvalue weighted by molar-refractivity contribution is 7.21. The topological polar surface area (TPSA) is 80.6 Å². The number of amides is 2. The van der Waals surface area contributed by atoms with Crippen LogP contribution < -0.4 is 10.6 Å². The molecule has 2 N–H and O–H groups in total. The lowest BCUT2D eigenvalue weighted by atomic mass is 10.1. The van der Waals surface area contributed by atoms with E-state index >= 15 is 0 Å². The number of methoxy groups -OCH3 is 1. The number of anilines is 2. The molecular weight excluding hydrogens is 443 g/mol. The van der Waals surface area contributed by atoms with E-state index in [1.165, 1.54) is 42.9 Å². The second kappa shape index (κ2) is 8.89. The van der Waals surface area contributed by atoms with Crippen molar-refractivity contribution in [1.29, 1.82) is 0 Å². The Morgan fingerprint density at radius 2 is 1.90 bits per heavy atom. The lowest BCUT2D eigenvalue weighted by molar-refractivity contribution is 0.0993. The number of halogens is 2. The summed E-state index contributed by atoms with van der Waals surface area (Å²) in [4.78, 5) is 25.8. The van der Waals surface area contributed by atoms with Crippen LogP contribution in [0.3, 0.4) is 0 Å². The second-order valence-corrected chi connectivity index (χ2v) is 8.02. The predicted octanol–water partition coefficient (Wildman–Crippen LogP) is 5.94. The van der Waals surface area contributed by atoms with Gasteiger partial charge in [0.15, 0.2) is 5.76 Å². The summed E-state index contributed by atoms with van der Waals surface area (Å²) in [6, 6.07) is 12.5. The van der Waals surface area contributed by atoms with Gasteiger partial charge in [-0.25, -0.2) is 4.39 Å². The SMILES string of the molecule is COCc1c(C(=O)Nc2ccc(Cl)cc2NC(=O)c2ccco2)sc2cccc(F)c12. The summed E-state index contributed by atoms with van der Waals surface area (Å²) in [6.45, 7) is 0.0758. The second-order valence-electron chi connectivity index (χ2n) is 6.53. The van der Waals surface area contributed by atoms with E-state index in [0.29, 0.717) is 36.9 Å². The average molecular weight is 459 g/mol. The van der Waals surface area contributed by atoms with E-state index < -0.39 is 17.6 Å². The van der Waals surface area contributed by atoms with Crippen LogP contribution in [0.15, 0.2) is 59.2 Å². The van der Waals surface area contributed by atoms with E-state index in [2.05, 4.69) is 10.6 Å². The Balaban J connectivity index is 1.67. The Morgan fingerprint density at radius 3 is 2.65 bits per heavy atom. The van der Waals surface area contributed by atoms with Crippen molar-refractivity contribution in [2.45, 2.75) is 6.61 Å². The molecule has 0 saturated heterocycles. The summed E-state index contributed by atoms with van der Waals surface area (Å²) >= 11 is 7.24. The third kappa shape index (κ3) is 4.32. The predicted molar refractivity (Wildman–Crippen MR) is 119 cm³/mol. The molecule has 158 valence electrons. The van der Waals surface area contributed by atoms with Crippen molar-refractivity contribution in [3.8, 4) is 0 Å². The van der Waals surface area contributed by atoms with Crippen LogP contribution >= 0.6 is 22.9 Å². The first kappa shape index (κ1) is 21.0. The molecule has 2 aromatic heterocycles. The Bertz CT molecular complexity index is 1270. The van der Waals surface area contributed by atoms with E-state index in [-0.39, 0.29) is 12.4 Å². The summed E-state index contributed by atoms with van der Waals surface area (Å²) in [6.07, 6.45) is 1.38. The van der Waals surface area contributed by atoms with Crippen molar-refractivity contribution in [2.75, 3.05) is 17.7 Å². The third-order valence-corrected chi connectivity index (χ3v) is 5.91. The van der Waals surface area contributed by atoms with Gasteiger partial charge in [0.2, 0.25) is 0 Å². The van der Waals surface area contributed by atoms with Crippen molar-refractivity contribution in [3.05, 3.63) is 81.8 Å². The van der Waals surface area contributed by atoms with Gasteiger partial charge in [0.1, 0.15) is 5.82 Å². The number of carbonyl (C=O) groups is 2. The smallest absolute Gasteiger partial charge is 0.291 e. The van der Waals surface area contributed by atoms with Gasteiger partial charge in [0, 0.05) is 27.8 Å². The highest BCUT2D eigenvalue weighted by atomic mass is 35.5. The monoisotopic (exact) mass is 458 g/mol. The number of furan rings is 1. The summed E-state index contributed by atoms with van der Waals surface area (Å²) < 4.78 is 25.3. The first-order chi connectivity index (χ1) is 15.0. The molecule has 2 aromatic carbocycles. The number of hydrogen-bond donors (Lipinski definition) is 2. The van der Waals surface area contributed by atoms with Crippen LogP contribution in [0.4, 0.5) is 15.8 Å². The molecule has 0 aliphatic rings. The van der Waals surface area contributed by atoms with Crippen molar-refractivity contribution in [3.63, 3.8) is 0 Å². The molecule has 0 spiro atoms. The minimum Gasteiger partial charge on any atom is -0.459 e. The maximum absolute atomic E-state index is 14.4. The highest BCUT2D eigenvalue weighted by Gasteiger charge is 2.22. The van der Waals surface area contributed by atoms with Gasteiger partial charge in [-0.15, -0.1) is 11.3 Å². The minimum absolute atomic E-state index is 0.0758. The van der Waals surface area contributed by atoms with Gasteiger partial charge in [0.05, 0.1) is 29.1 Å². The Kier molecular flexibility index (Phi) is 6.03. The van der Waals surface area contributed by atoms with Crippen molar-refractivity contribution >= 4 is 56.2 Å². The minimum atomic E-state index is -0.494. The fourth-order valence-corrected chi connectivity index (χ4v) is 4.42. The highest BCUT2D eigenvalue weighted by Crippen LogP contribution is 2.35. The third-order valence-electron chi connectivity index (χ3n) is 4.48. The largest absolute Gasteiger partial charge is 0.459 e. The number of carbonyl (C=O) groups excluding carboxylic acids is 2. The zero-order valence-electron chi connectivity index (χ0n) is 16.2. The molecule has 0 saturated carbocycles. The number of rotatable bonds is 6. The number of thiophene rings is 1. The first-order valence-electron chi connectivity index (χ1n) is 9.12. The molecule has 2 amide bonds. The zero-order chi connectivity index (χ0) is 22.0. The number of benzene rings is 2. The maximum atomic E-state index is 14.4. The Morgan fingerprint density at radius 1 is 1.10 bits per heavy atom. The van der Waals surface area contributed by atoms with Gasteiger partial charge in [-0.05, 0) is 42.5 Å². The molecule has 0 bridgehead atoms. The quantitative estimate of drug-likeness (QED) is 0.375. The van der Waals surface area contributed by atoms with Crippen LogP contribution in [0.5, 0.6) is 0 Å². The van der Waals surface area contributed by atoms with Gasteiger partial charge < -0.3 is 19.8 Å². The molecule has 6 nitrogen and oxygen atoms in total. The molecule has 9 heteroatoms. The van der Waals surface area contributed by atoms with Gasteiger partial charge in [-0.3, -0.25) is 9.59 Å². The maximum Gasteiger partial charge on any atom is 0.291 e. The molecule has 2 heterocycles. The molecule has 0 aliphatic heterocycles. The fraction of sp³-hybridized carbons (Fsp3) is 0.0909. The normalized spacial score (nSPS) is 10.9. The number of hydrogen-bond acceptors (Lipinski definition) is 5. The molecule has 0 fully saturated rings. The van der Waals surface area contributed by atoms with Crippen molar-refractivity contribution in [2.24, 2.45) is 0 Å². The molecule has 4 aromatic rings. The number of fused-ring (bicyclic) bond motifs is 1. The molecule has 31 heavy (non-hydrogen) atoms. The fourth-order valence-electron chi connectivity index (χ4n) is 3.13. The lowest BCUT2D eigenvalue weighted by Gasteiger charge is -2.12. The molecule has 0 radical (unpaired) electrons. The van der Waals surface area contributed by atoms with E-state index in [9.17, 15) is 14.0 Å². The van der Waals surface area contributed by atoms with Crippen molar-refractivity contribution < 1.29 is 23.1 Å². The molecule has 4 rings (SSSR count). The average Bonchev–Trinajstić information content (AvgIpc) is 3.39. The standard InChI is InChI=1S/C22H16ClFN2O4S/c1-29-11-13-19-14(24)4-2-6-18(19)31-20(13)22(28)25-15-8-7-12(23)10-16(15)26-21(27)17-5-3-9-30-17/h2-10H,11H2,1H3,(H,25,28)(H,26,27). The lowest BCUT2D eigenvalue weighted by Crippen LogP contribution is -2.17. The Hall–Kier alpha value is -3.20. The summed E-state index contributed by atoms with van der Waals surface area (Å²) in [5.41, 5.74) is 1.09. The van der Waals surface area contributed by atoms with Gasteiger partial charge in [-0.2, -0.15) is 0 Å². The first-order valence-corrected chi connectivity index (χ1v) is 10.3. The van der Waals surface area contributed by atoms with Crippen LogP contribution in [-0.2, 0) is 11.3 Å². The molecule has 0 atom stereocenters. The van der Waals surface area contributed by atoms with Crippen LogP contribution in [0.25, 0.3) is 10.1 Å². The van der Waals surface area contributed by atoms with Crippen LogP contribution in [0.1, 0.15) is 25.8 Å². The van der Waals surface area contributed by atoms with E-state index in [1.54, 1.807) is 30.3 Å². The Labute approximate surface area is 185 Å².